The van der Waals surface area contributed by atoms with Crippen LogP contribution in [-0.4, -0.2) is 5.91 Å². The highest BCUT2D eigenvalue weighted by Crippen LogP contribution is 2.22. The Morgan fingerprint density at radius 1 is 0.828 bits per heavy atom. The summed E-state index contributed by atoms with van der Waals surface area (Å²) in [5.74, 6) is -0.0872. The maximum absolute atomic E-state index is 12.4. The number of fused-ring (bicyclic) bond motifs is 1. The summed E-state index contributed by atoms with van der Waals surface area (Å²) in [5.41, 5.74) is 4.02. The third-order valence-corrected chi connectivity index (χ3v) is 5.27. The Hall–Kier alpha value is -3.43. The number of rotatable bonds is 6. The number of hydrogen-bond donors (Lipinski definition) is 2. The SMILES string of the molecule is C[C@@H]([NH2+]Cc1ccc(C(=O)Nc2ccccc2)cc1)c1cccc2ccccc12. The Morgan fingerprint density at radius 2 is 1.52 bits per heavy atom. The fraction of sp³-hybridized carbons (Fsp3) is 0.115. The van der Waals surface area contributed by atoms with Crippen molar-refractivity contribution in [2.45, 2.75) is 19.5 Å². The maximum atomic E-state index is 12.4. The van der Waals surface area contributed by atoms with Crippen molar-refractivity contribution in [3.63, 3.8) is 0 Å². The molecular formula is C26H25N2O+. The molecule has 3 nitrogen and oxygen atoms in total. The van der Waals surface area contributed by atoms with Gasteiger partial charge in [0.15, 0.2) is 0 Å². The molecule has 0 heterocycles. The molecule has 0 saturated heterocycles. The number of hydrogen-bond acceptors (Lipinski definition) is 1. The van der Waals surface area contributed by atoms with Crippen molar-refractivity contribution in [3.8, 4) is 0 Å². The Morgan fingerprint density at radius 3 is 2.31 bits per heavy atom. The highest BCUT2D eigenvalue weighted by atomic mass is 16.1. The number of carbonyl (C=O) groups excluding carboxylic acids is 1. The van der Waals surface area contributed by atoms with E-state index in [9.17, 15) is 4.79 Å². The van der Waals surface area contributed by atoms with Crippen LogP contribution in [-0.2, 0) is 6.54 Å². The molecule has 0 aliphatic heterocycles. The second kappa shape index (κ2) is 8.72. The van der Waals surface area contributed by atoms with Gasteiger partial charge in [-0.1, -0.05) is 72.8 Å². The molecule has 29 heavy (non-hydrogen) atoms. The van der Waals surface area contributed by atoms with E-state index in [-0.39, 0.29) is 5.91 Å². The van der Waals surface area contributed by atoms with E-state index in [2.05, 4.69) is 60.0 Å². The molecule has 1 atom stereocenters. The van der Waals surface area contributed by atoms with Gasteiger partial charge in [-0.25, -0.2) is 0 Å². The van der Waals surface area contributed by atoms with Crippen molar-refractivity contribution in [2.24, 2.45) is 0 Å². The zero-order valence-electron chi connectivity index (χ0n) is 16.5. The quantitative estimate of drug-likeness (QED) is 0.489. The molecule has 0 spiro atoms. The third kappa shape index (κ3) is 4.53. The van der Waals surface area contributed by atoms with E-state index in [4.69, 9.17) is 0 Å². The van der Waals surface area contributed by atoms with Gasteiger partial charge >= 0.3 is 0 Å². The Balaban J connectivity index is 1.39. The molecule has 0 saturated carbocycles. The van der Waals surface area contributed by atoms with E-state index in [1.54, 1.807) is 0 Å². The molecule has 3 N–H and O–H groups in total. The highest BCUT2D eigenvalue weighted by Gasteiger charge is 2.12. The lowest BCUT2D eigenvalue weighted by atomic mass is 9.99. The monoisotopic (exact) mass is 381 g/mol. The average Bonchev–Trinajstić information content (AvgIpc) is 2.78. The predicted molar refractivity (Wildman–Crippen MR) is 119 cm³/mol. The molecule has 0 unspecified atom stereocenters. The van der Waals surface area contributed by atoms with Crippen molar-refractivity contribution < 1.29 is 10.1 Å². The van der Waals surface area contributed by atoms with Crippen LogP contribution in [0.15, 0.2) is 97.1 Å². The minimum Gasteiger partial charge on any atom is -0.337 e. The van der Waals surface area contributed by atoms with Gasteiger partial charge in [0.25, 0.3) is 5.91 Å². The summed E-state index contributed by atoms with van der Waals surface area (Å²) < 4.78 is 0. The number of nitrogens with two attached hydrogens (primary N) is 1. The van der Waals surface area contributed by atoms with Crippen LogP contribution in [0, 0.1) is 0 Å². The van der Waals surface area contributed by atoms with Crippen molar-refractivity contribution in [1.82, 2.24) is 0 Å². The minimum absolute atomic E-state index is 0.0872. The number of benzene rings is 4. The van der Waals surface area contributed by atoms with E-state index >= 15 is 0 Å². The summed E-state index contributed by atoms with van der Waals surface area (Å²) in [7, 11) is 0. The standard InChI is InChI=1S/C26H24N2O/c1-19(24-13-7-9-21-8-5-6-12-25(21)24)27-18-20-14-16-22(17-15-20)26(29)28-23-10-3-2-4-11-23/h2-17,19,27H,18H2,1H3,(H,28,29)/p+1/t19-/m1/s1. The summed E-state index contributed by atoms with van der Waals surface area (Å²) in [4.78, 5) is 12.4. The Kier molecular flexibility index (Phi) is 5.68. The summed E-state index contributed by atoms with van der Waals surface area (Å²) in [6.45, 7) is 3.11. The lowest BCUT2D eigenvalue weighted by Gasteiger charge is -2.14. The van der Waals surface area contributed by atoms with E-state index < -0.39 is 0 Å². The van der Waals surface area contributed by atoms with Crippen molar-refractivity contribution in [1.29, 1.82) is 0 Å². The van der Waals surface area contributed by atoms with Crippen molar-refractivity contribution in [3.05, 3.63) is 114 Å². The van der Waals surface area contributed by atoms with Gasteiger partial charge in [-0.2, -0.15) is 0 Å². The van der Waals surface area contributed by atoms with E-state index in [0.717, 1.165) is 12.2 Å². The summed E-state index contributed by atoms with van der Waals surface area (Å²) in [6.07, 6.45) is 0. The first-order valence-electron chi connectivity index (χ1n) is 9.97. The molecule has 3 heteroatoms. The van der Waals surface area contributed by atoms with Crippen LogP contribution in [0.4, 0.5) is 5.69 Å². The van der Waals surface area contributed by atoms with E-state index in [0.29, 0.717) is 11.6 Å². The van der Waals surface area contributed by atoms with Crippen LogP contribution in [0.3, 0.4) is 0 Å². The minimum atomic E-state index is -0.0872. The first-order chi connectivity index (χ1) is 14.2. The van der Waals surface area contributed by atoms with Gasteiger partial charge in [0.1, 0.15) is 12.6 Å². The van der Waals surface area contributed by atoms with Gasteiger partial charge in [0.05, 0.1) is 0 Å². The van der Waals surface area contributed by atoms with Gasteiger partial charge < -0.3 is 10.6 Å². The fourth-order valence-electron chi connectivity index (χ4n) is 3.60. The molecule has 4 rings (SSSR count). The molecule has 144 valence electrons. The van der Waals surface area contributed by atoms with Crippen LogP contribution in [0.1, 0.15) is 34.5 Å². The Labute approximate surface area is 171 Å². The number of para-hydroxylation sites is 1. The molecule has 1 amide bonds. The van der Waals surface area contributed by atoms with Crippen LogP contribution in [0.2, 0.25) is 0 Å². The van der Waals surface area contributed by atoms with Crippen LogP contribution in [0.25, 0.3) is 10.8 Å². The predicted octanol–water partition coefficient (Wildman–Crippen LogP) is 4.92. The number of anilines is 1. The van der Waals surface area contributed by atoms with E-state index in [1.165, 1.54) is 21.9 Å². The molecular weight excluding hydrogens is 356 g/mol. The molecule has 0 aliphatic rings. The van der Waals surface area contributed by atoms with Crippen molar-refractivity contribution in [2.75, 3.05) is 5.32 Å². The lowest BCUT2D eigenvalue weighted by Crippen LogP contribution is -2.83. The smallest absolute Gasteiger partial charge is 0.255 e. The first-order valence-corrected chi connectivity index (χ1v) is 9.97. The molecule has 0 radical (unpaired) electrons. The van der Waals surface area contributed by atoms with E-state index in [1.807, 2.05) is 54.6 Å². The number of quaternary nitrogens is 1. The average molecular weight is 381 g/mol. The second-order valence-corrected chi connectivity index (χ2v) is 7.31. The van der Waals surface area contributed by atoms with Crippen LogP contribution in [0.5, 0.6) is 0 Å². The maximum Gasteiger partial charge on any atom is 0.255 e. The molecule has 4 aromatic carbocycles. The first kappa shape index (κ1) is 18.9. The molecule has 0 aliphatic carbocycles. The van der Waals surface area contributed by atoms with Gasteiger partial charge in [-0.15, -0.1) is 0 Å². The summed E-state index contributed by atoms with van der Waals surface area (Å²) >= 11 is 0. The molecule has 0 fully saturated rings. The third-order valence-electron chi connectivity index (χ3n) is 5.27. The zero-order chi connectivity index (χ0) is 20.1. The fourth-order valence-corrected chi connectivity index (χ4v) is 3.60. The number of nitrogens with one attached hydrogen (secondary N) is 1. The normalized spacial score (nSPS) is 11.9. The number of carbonyl (C=O) groups is 1. The zero-order valence-corrected chi connectivity index (χ0v) is 16.5. The summed E-state index contributed by atoms with van der Waals surface area (Å²) in [5, 5.41) is 7.84. The highest BCUT2D eigenvalue weighted by molar-refractivity contribution is 6.04. The van der Waals surface area contributed by atoms with Crippen LogP contribution < -0.4 is 10.6 Å². The largest absolute Gasteiger partial charge is 0.337 e. The molecule has 0 aromatic heterocycles. The van der Waals surface area contributed by atoms with Gasteiger partial charge in [-0.3, -0.25) is 4.79 Å². The molecule has 4 aromatic rings. The number of amides is 1. The van der Waals surface area contributed by atoms with Gasteiger partial charge in [0, 0.05) is 22.4 Å². The Bertz CT molecular complexity index is 1100. The lowest BCUT2D eigenvalue weighted by molar-refractivity contribution is -0.707. The van der Waals surface area contributed by atoms with Crippen molar-refractivity contribution >= 4 is 22.4 Å². The summed E-state index contributed by atoms with van der Waals surface area (Å²) in [6, 6.07) is 32.7. The van der Waals surface area contributed by atoms with Crippen LogP contribution >= 0.6 is 0 Å². The second-order valence-electron chi connectivity index (χ2n) is 7.31. The van der Waals surface area contributed by atoms with Gasteiger partial charge in [-0.05, 0) is 42.0 Å². The topological polar surface area (TPSA) is 45.7 Å². The van der Waals surface area contributed by atoms with Gasteiger partial charge in [0.2, 0.25) is 0 Å². The molecule has 0 bridgehead atoms.